The molecule has 0 amide bonds. The van der Waals surface area contributed by atoms with E-state index in [-0.39, 0.29) is 6.61 Å². The monoisotopic (exact) mass is 486 g/mol. The van der Waals surface area contributed by atoms with Crippen LogP contribution in [0.15, 0.2) is 34.1 Å². The van der Waals surface area contributed by atoms with E-state index in [1.54, 1.807) is 17.9 Å². The molecule has 0 aliphatic rings. The lowest BCUT2D eigenvalue weighted by Gasteiger charge is -2.07. The Labute approximate surface area is 185 Å². The molecule has 1 aromatic carbocycles. The number of rotatable bonds is 5. The Morgan fingerprint density at radius 1 is 1.23 bits per heavy atom. The van der Waals surface area contributed by atoms with Crippen LogP contribution in [-0.4, -0.2) is 32.8 Å². The van der Waals surface area contributed by atoms with Crippen molar-refractivity contribution in [1.29, 1.82) is 0 Å². The lowest BCUT2D eigenvalue weighted by Crippen LogP contribution is -2.08. The Bertz CT molecular complexity index is 1260. The number of hydrogen-bond donors (Lipinski definition) is 0. The zero-order valence-electron chi connectivity index (χ0n) is 16.9. The molecular weight excluding hydrogens is 468 g/mol. The Hall–Kier alpha value is -2.78. The van der Waals surface area contributed by atoms with Gasteiger partial charge in [0.05, 0.1) is 35.0 Å². The summed E-state index contributed by atoms with van der Waals surface area (Å²) in [6.45, 7) is 3.78. The molecule has 0 fully saturated rings. The van der Waals surface area contributed by atoms with Crippen LogP contribution in [0.5, 0.6) is 5.75 Å². The fourth-order valence-electron chi connectivity index (χ4n) is 3.29. The van der Waals surface area contributed by atoms with Crippen molar-refractivity contribution < 1.29 is 14.3 Å². The third-order valence-electron chi connectivity index (χ3n) is 4.61. The number of hydrogen-bond acceptors (Lipinski definition) is 7. The summed E-state index contributed by atoms with van der Waals surface area (Å²) in [6, 6.07) is 7.48. The first-order valence-corrected chi connectivity index (χ1v) is 10.8. The topological polar surface area (TPSA) is 79.1 Å². The van der Waals surface area contributed by atoms with Crippen molar-refractivity contribution in [3.8, 4) is 16.3 Å². The summed E-state index contributed by atoms with van der Waals surface area (Å²) >= 11 is 4.95. The summed E-state index contributed by atoms with van der Waals surface area (Å²) in [5, 5.41) is 7.76. The molecule has 9 heteroatoms. The summed E-state index contributed by atoms with van der Waals surface area (Å²) in [6.07, 6.45) is 0. The Morgan fingerprint density at radius 2 is 2.03 bits per heavy atom. The summed E-state index contributed by atoms with van der Waals surface area (Å²) in [5.41, 5.74) is 4.16. The molecule has 0 saturated heterocycles. The van der Waals surface area contributed by atoms with Crippen LogP contribution in [0, 0.1) is 13.8 Å². The number of nitrogens with zero attached hydrogens (tertiary/aromatic N) is 4. The number of aryl methyl sites for hydroxylation is 3. The molecule has 3 aromatic heterocycles. The molecule has 4 aromatic rings. The molecule has 0 aliphatic heterocycles. The smallest absolute Gasteiger partial charge is 0.339 e. The molecule has 0 atom stereocenters. The normalized spacial score (nSPS) is 11.1. The lowest BCUT2D eigenvalue weighted by atomic mass is 10.1. The molecule has 30 heavy (non-hydrogen) atoms. The average Bonchev–Trinajstić information content (AvgIpc) is 3.30. The zero-order chi connectivity index (χ0) is 21.4. The van der Waals surface area contributed by atoms with Crippen LogP contribution in [0.1, 0.15) is 27.4 Å². The highest BCUT2D eigenvalue weighted by molar-refractivity contribution is 9.10. The van der Waals surface area contributed by atoms with E-state index in [0.717, 1.165) is 32.2 Å². The maximum Gasteiger partial charge on any atom is 0.339 e. The third-order valence-corrected chi connectivity index (χ3v) is 6.03. The number of esters is 1. The number of halogens is 1. The quantitative estimate of drug-likeness (QED) is 0.375. The molecule has 3 heterocycles. The number of ether oxygens (including phenoxy) is 2. The molecule has 0 unspecified atom stereocenters. The highest BCUT2D eigenvalue weighted by Crippen LogP contribution is 2.34. The molecule has 154 valence electrons. The first-order chi connectivity index (χ1) is 14.4. The second-order valence-corrected chi connectivity index (χ2v) is 8.56. The van der Waals surface area contributed by atoms with Crippen LogP contribution < -0.4 is 4.74 Å². The van der Waals surface area contributed by atoms with Gasteiger partial charge >= 0.3 is 5.97 Å². The van der Waals surface area contributed by atoms with Gasteiger partial charge in [0.25, 0.3) is 0 Å². The maximum absolute atomic E-state index is 12.8. The molecular formula is C21H19BrN4O3S. The van der Waals surface area contributed by atoms with Crippen LogP contribution in [0.4, 0.5) is 0 Å². The first kappa shape index (κ1) is 20.5. The number of fused-ring (bicyclic) bond motifs is 1. The van der Waals surface area contributed by atoms with Crippen molar-refractivity contribution in [2.45, 2.75) is 20.5 Å². The van der Waals surface area contributed by atoms with Gasteiger partial charge in [-0.1, -0.05) is 15.9 Å². The van der Waals surface area contributed by atoms with Crippen LogP contribution >= 0.6 is 27.3 Å². The number of aromatic nitrogens is 4. The van der Waals surface area contributed by atoms with Crippen molar-refractivity contribution in [1.82, 2.24) is 19.7 Å². The second kappa shape index (κ2) is 8.16. The van der Waals surface area contributed by atoms with Gasteiger partial charge in [0.2, 0.25) is 0 Å². The molecule has 4 rings (SSSR count). The van der Waals surface area contributed by atoms with Crippen molar-refractivity contribution >= 4 is 44.3 Å². The van der Waals surface area contributed by atoms with Crippen LogP contribution in [0.3, 0.4) is 0 Å². The summed E-state index contributed by atoms with van der Waals surface area (Å²) < 4.78 is 13.6. The molecule has 0 radical (unpaired) electrons. The average molecular weight is 487 g/mol. The molecule has 0 N–H and O–H groups in total. The van der Waals surface area contributed by atoms with Gasteiger partial charge in [-0.25, -0.2) is 14.8 Å². The van der Waals surface area contributed by atoms with Crippen LogP contribution in [0.25, 0.3) is 21.6 Å². The maximum atomic E-state index is 12.8. The van der Waals surface area contributed by atoms with Gasteiger partial charge in [-0.2, -0.15) is 5.10 Å². The number of carbonyl (C=O) groups is 1. The van der Waals surface area contributed by atoms with E-state index < -0.39 is 5.97 Å². The summed E-state index contributed by atoms with van der Waals surface area (Å²) in [7, 11) is 3.44. The number of carbonyl (C=O) groups excluding carboxylic acids is 1. The largest absolute Gasteiger partial charge is 0.496 e. The van der Waals surface area contributed by atoms with Gasteiger partial charge in [0.15, 0.2) is 5.65 Å². The fraction of sp³-hybridized carbons (Fsp3) is 0.238. The van der Waals surface area contributed by atoms with E-state index in [0.29, 0.717) is 22.3 Å². The zero-order valence-corrected chi connectivity index (χ0v) is 19.3. The van der Waals surface area contributed by atoms with E-state index in [1.807, 2.05) is 44.5 Å². The first-order valence-electron chi connectivity index (χ1n) is 9.13. The van der Waals surface area contributed by atoms with Gasteiger partial charge in [0.1, 0.15) is 17.4 Å². The van der Waals surface area contributed by atoms with Gasteiger partial charge in [-0.3, -0.25) is 4.68 Å². The Morgan fingerprint density at radius 3 is 2.80 bits per heavy atom. The molecule has 0 bridgehead atoms. The predicted octanol–water partition coefficient (Wildman–Crippen LogP) is 4.84. The van der Waals surface area contributed by atoms with Crippen LogP contribution in [-0.2, 0) is 18.4 Å². The minimum absolute atomic E-state index is 0.0772. The summed E-state index contributed by atoms with van der Waals surface area (Å²) in [4.78, 5) is 21.9. The predicted molar refractivity (Wildman–Crippen MR) is 119 cm³/mol. The van der Waals surface area contributed by atoms with E-state index in [2.05, 4.69) is 31.0 Å². The third kappa shape index (κ3) is 3.82. The van der Waals surface area contributed by atoms with Crippen molar-refractivity contribution in [3.05, 3.63) is 56.8 Å². The van der Waals surface area contributed by atoms with E-state index in [4.69, 9.17) is 9.47 Å². The van der Waals surface area contributed by atoms with Gasteiger partial charge in [-0.15, -0.1) is 11.3 Å². The van der Waals surface area contributed by atoms with E-state index in [9.17, 15) is 4.79 Å². The standard InChI is InChI=1S/C21H19BrN4O3S/c1-11-7-16(18-12(2)25-26(3)19(18)23-11)21(27)29-9-14-10-30-20(24-14)15-8-13(22)5-6-17(15)28-4/h5-8,10H,9H2,1-4H3. The molecule has 0 aliphatic carbocycles. The van der Waals surface area contributed by atoms with Gasteiger partial charge in [0, 0.05) is 22.6 Å². The molecule has 0 spiro atoms. The number of thiazole rings is 1. The molecule has 0 saturated carbocycles. The number of benzene rings is 1. The summed E-state index contributed by atoms with van der Waals surface area (Å²) in [5.74, 6) is 0.314. The molecule has 7 nitrogen and oxygen atoms in total. The van der Waals surface area contributed by atoms with Crippen LogP contribution in [0.2, 0.25) is 0 Å². The second-order valence-electron chi connectivity index (χ2n) is 6.78. The fourth-order valence-corrected chi connectivity index (χ4v) is 4.48. The Kier molecular flexibility index (Phi) is 5.57. The van der Waals surface area contributed by atoms with Crippen molar-refractivity contribution in [2.75, 3.05) is 7.11 Å². The lowest BCUT2D eigenvalue weighted by molar-refractivity contribution is 0.0470. The van der Waals surface area contributed by atoms with Gasteiger partial charge < -0.3 is 9.47 Å². The van der Waals surface area contributed by atoms with E-state index >= 15 is 0 Å². The van der Waals surface area contributed by atoms with Crippen molar-refractivity contribution in [3.63, 3.8) is 0 Å². The van der Waals surface area contributed by atoms with Gasteiger partial charge in [-0.05, 0) is 38.1 Å². The van der Waals surface area contributed by atoms with Crippen molar-refractivity contribution in [2.24, 2.45) is 7.05 Å². The SMILES string of the molecule is COc1ccc(Br)cc1-c1nc(COC(=O)c2cc(C)nc3c2c(C)nn3C)cs1. The minimum atomic E-state index is -0.420. The number of methoxy groups -OCH3 is 1. The highest BCUT2D eigenvalue weighted by Gasteiger charge is 2.19. The minimum Gasteiger partial charge on any atom is -0.496 e. The highest BCUT2D eigenvalue weighted by atomic mass is 79.9. The Balaban J connectivity index is 1.57. The van der Waals surface area contributed by atoms with E-state index in [1.165, 1.54) is 11.3 Å². The number of pyridine rings is 1.